The minimum Gasteiger partial charge on any atom is -0.339 e. The fourth-order valence-corrected chi connectivity index (χ4v) is 3.25. The van der Waals surface area contributed by atoms with Gasteiger partial charge in [0.15, 0.2) is 0 Å². The molecule has 3 rings (SSSR count). The maximum atomic E-state index is 12.3. The van der Waals surface area contributed by atoms with Gasteiger partial charge in [-0.3, -0.25) is 9.59 Å². The lowest BCUT2D eigenvalue weighted by molar-refractivity contribution is 0.0792. The van der Waals surface area contributed by atoms with E-state index < -0.39 is 0 Å². The van der Waals surface area contributed by atoms with Crippen molar-refractivity contribution in [1.82, 2.24) is 4.90 Å². The normalized spacial score (nSPS) is 13.8. The Morgan fingerprint density at radius 3 is 2.25 bits per heavy atom. The Hall–Kier alpha value is -1.89. The van der Waals surface area contributed by atoms with Crippen molar-refractivity contribution in [2.24, 2.45) is 0 Å². The largest absolute Gasteiger partial charge is 0.339 e. The van der Waals surface area contributed by atoms with Gasteiger partial charge in [-0.05, 0) is 84.3 Å². The Morgan fingerprint density at radius 1 is 1.00 bits per heavy atom. The van der Waals surface area contributed by atoms with Gasteiger partial charge in [0.2, 0.25) is 0 Å². The molecule has 0 saturated carbocycles. The molecular weight excluding hydrogens is 415 g/mol. The van der Waals surface area contributed by atoms with Gasteiger partial charge >= 0.3 is 0 Å². The van der Waals surface area contributed by atoms with Crippen molar-refractivity contribution < 1.29 is 9.59 Å². The zero-order valence-corrected chi connectivity index (χ0v) is 15.7. The van der Waals surface area contributed by atoms with Crippen LogP contribution in [0.4, 0.5) is 5.69 Å². The highest BCUT2D eigenvalue weighted by molar-refractivity contribution is 14.1. The monoisotopic (exact) mass is 434 g/mol. The number of amides is 2. The molecule has 2 aromatic carbocycles. The fourth-order valence-electron chi connectivity index (χ4n) is 2.74. The molecule has 0 bridgehead atoms. The van der Waals surface area contributed by atoms with Crippen LogP contribution in [-0.2, 0) is 0 Å². The molecule has 1 aliphatic heterocycles. The number of aryl methyl sites for hydroxylation is 1. The van der Waals surface area contributed by atoms with E-state index in [0.717, 1.165) is 35.1 Å². The van der Waals surface area contributed by atoms with E-state index in [-0.39, 0.29) is 11.8 Å². The Bertz CT molecular complexity index is 765. The molecule has 0 aliphatic carbocycles. The molecule has 0 aromatic heterocycles. The summed E-state index contributed by atoms with van der Waals surface area (Å²) in [6, 6.07) is 12.7. The summed E-state index contributed by atoms with van der Waals surface area (Å²) in [7, 11) is 0. The van der Waals surface area contributed by atoms with Crippen LogP contribution in [0.5, 0.6) is 0 Å². The van der Waals surface area contributed by atoms with E-state index in [1.165, 1.54) is 0 Å². The number of anilines is 1. The van der Waals surface area contributed by atoms with Gasteiger partial charge in [0.05, 0.1) is 0 Å². The molecule has 2 aromatic rings. The first kappa shape index (κ1) is 17.0. The molecule has 1 aliphatic rings. The molecular formula is C19H19IN2O2. The fraction of sp³-hybridized carbons (Fsp3) is 0.263. The van der Waals surface area contributed by atoms with E-state index >= 15 is 0 Å². The Balaban J connectivity index is 1.68. The number of carbonyl (C=O) groups is 2. The third-order valence-corrected chi connectivity index (χ3v) is 5.38. The molecule has 0 radical (unpaired) electrons. The predicted octanol–water partition coefficient (Wildman–Crippen LogP) is 4.09. The summed E-state index contributed by atoms with van der Waals surface area (Å²) in [5, 5.41) is 2.87. The average molecular weight is 434 g/mol. The van der Waals surface area contributed by atoms with E-state index in [9.17, 15) is 9.59 Å². The summed E-state index contributed by atoms with van der Waals surface area (Å²) in [5.41, 5.74) is 3.13. The van der Waals surface area contributed by atoms with Crippen molar-refractivity contribution in [2.45, 2.75) is 19.8 Å². The SMILES string of the molecule is Cc1ccc(C(=O)Nc2ccc(C(=O)N3CCCC3)cc2)cc1I. The molecule has 0 spiro atoms. The molecule has 124 valence electrons. The molecule has 1 heterocycles. The Morgan fingerprint density at radius 2 is 1.62 bits per heavy atom. The summed E-state index contributed by atoms with van der Waals surface area (Å²) in [5.74, 6) is -0.0787. The second-order valence-corrected chi connectivity index (χ2v) is 7.16. The highest BCUT2D eigenvalue weighted by Crippen LogP contribution is 2.17. The lowest BCUT2D eigenvalue weighted by Crippen LogP contribution is -2.27. The highest BCUT2D eigenvalue weighted by Gasteiger charge is 2.19. The number of nitrogens with one attached hydrogen (secondary N) is 1. The van der Waals surface area contributed by atoms with Crippen molar-refractivity contribution in [3.05, 3.63) is 62.7 Å². The number of benzene rings is 2. The van der Waals surface area contributed by atoms with Gasteiger partial charge in [0, 0.05) is 33.5 Å². The van der Waals surface area contributed by atoms with Crippen LogP contribution in [0.15, 0.2) is 42.5 Å². The molecule has 5 heteroatoms. The van der Waals surface area contributed by atoms with Gasteiger partial charge in [-0.15, -0.1) is 0 Å². The molecule has 0 atom stereocenters. The van der Waals surface area contributed by atoms with Gasteiger partial charge < -0.3 is 10.2 Å². The van der Waals surface area contributed by atoms with Gasteiger partial charge in [-0.1, -0.05) is 6.07 Å². The van der Waals surface area contributed by atoms with Crippen molar-refractivity contribution >= 4 is 40.1 Å². The van der Waals surface area contributed by atoms with Gasteiger partial charge in [-0.2, -0.15) is 0 Å². The van der Waals surface area contributed by atoms with E-state index in [0.29, 0.717) is 16.8 Å². The van der Waals surface area contributed by atoms with Crippen molar-refractivity contribution in [3.8, 4) is 0 Å². The number of likely N-dealkylation sites (tertiary alicyclic amines) is 1. The smallest absolute Gasteiger partial charge is 0.255 e. The first-order valence-electron chi connectivity index (χ1n) is 8.01. The van der Waals surface area contributed by atoms with Crippen LogP contribution in [0.1, 0.15) is 39.1 Å². The first-order valence-corrected chi connectivity index (χ1v) is 9.09. The molecule has 1 N–H and O–H groups in total. The number of halogens is 1. The first-order chi connectivity index (χ1) is 11.5. The molecule has 4 nitrogen and oxygen atoms in total. The van der Waals surface area contributed by atoms with Gasteiger partial charge in [-0.25, -0.2) is 0 Å². The van der Waals surface area contributed by atoms with Crippen molar-refractivity contribution in [1.29, 1.82) is 0 Å². The average Bonchev–Trinajstić information content (AvgIpc) is 3.12. The third-order valence-electron chi connectivity index (χ3n) is 4.22. The number of hydrogen-bond donors (Lipinski definition) is 1. The second-order valence-electron chi connectivity index (χ2n) is 5.99. The van der Waals surface area contributed by atoms with Crippen LogP contribution >= 0.6 is 22.6 Å². The van der Waals surface area contributed by atoms with E-state index in [1.54, 1.807) is 24.3 Å². The van der Waals surface area contributed by atoms with Crippen LogP contribution in [0, 0.1) is 10.5 Å². The van der Waals surface area contributed by atoms with E-state index in [4.69, 9.17) is 0 Å². The number of nitrogens with zero attached hydrogens (tertiary/aromatic N) is 1. The number of carbonyl (C=O) groups excluding carboxylic acids is 2. The standard InChI is InChI=1S/C19H19IN2O2/c1-13-4-5-15(12-17(13)20)18(23)21-16-8-6-14(7-9-16)19(24)22-10-2-3-11-22/h4-9,12H,2-3,10-11H2,1H3,(H,21,23). The lowest BCUT2D eigenvalue weighted by atomic mass is 10.1. The minimum absolute atomic E-state index is 0.0680. The summed E-state index contributed by atoms with van der Waals surface area (Å²) < 4.78 is 1.06. The lowest BCUT2D eigenvalue weighted by Gasteiger charge is -2.15. The van der Waals surface area contributed by atoms with Gasteiger partial charge in [0.1, 0.15) is 0 Å². The molecule has 1 saturated heterocycles. The minimum atomic E-state index is -0.147. The summed E-state index contributed by atoms with van der Waals surface area (Å²) in [4.78, 5) is 26.5. The predicted molar refractivity (Wildman–Crippen MR) is 103 cm³/mol. The molecule has 1 fully saturated rings. The summed E-state index contributed by atoms with van der Waals surface area (Å²) in [6.45, 7) is 3.69. The summed E-state index contributed by atoms with van der Waals surface area (Å²) in [6.07, 6.45) is 2.16. The Kier molecular flexibility index (Phi) is 5.18. The number of rotatable bonds is 3. The quantitative estimate of drug-likeness (QED) is 0.741. The second kappa shape index (κ2) is 7.34. The molecule has 2 amide bonds. The zero-order chi connectivity index (χ0) is 17.1. The summed E-state index contributed by atoms with van der Waals surface area (Å²) >= 11 is 2.22. The van der Waals surface area contributed by atoms with Crippen LogP contribution in [0.3, 0.4) is 0 Å². The van der Waals surface area contributed by atoms with Crippen LogP contribution in [0.25, 0.3) is 0 Å². The maximum Gasteiger partial charge on any atom is 0.255 e. The Labute approximate surface area is 155 Å². The van der Waals surface area contributed by atoms with Crippen LogP contribution in [-0.4, -0.2) is 29.8 Å². The third kappa shape index (κ3) is 3.77. The topological polar surface area (TPSA) is 49.4 Å². The molecule has 0 unspecified atom stereocenters. The van der Waals surface area contributed by atoms with Crippen LogP contribution < -0.4 is 5.32 Å². The molecule has 24 heavy (non-hydrogen) atoms. The highest BCUT2D eigenvalue weighted by atomic mass is 127. The number of hydrogen-bond acceptors (Lipinski definition) is 2. The zero-order valence-electron chi connectivity index (χ0n) is 13.5. The van der Waals surface area contributed by atoms with Crippen molar-refractivity contribution in [3.63, 3.8) is 0 Å². The van der Waals surface area contributed by atoms with Gasteiger partial charge in [0.25, 0.3) is 11.8 Å². The van der Waals surface area contributed by atoms with Crippen LogP contribution in [0.2, 0.25) is 0 Å². The van der Waals surface area contributed by atoms with Crippen molar-refractivity contribution in [2.75, 3.05) is 18.4 Å². The maximum absolute atomic E-state index is 12.3. The van der Waals surface area contributed by atoms with E-state index in [1.807, 2.05) is 30.0 Å². The van der Waals surface area contributed by atoms with E-state index in [2.05, 4.69) is 27.9 Å².